The average molecular weight is 330 g/mol. The van der Waals surface area contributed by atoms with E-state index >= 15 is 0 Å². The number of nitrogens with zero attached hydrogens (tertiary/aromatic N) is 3. The minimum absolute atomic E-state index is 0.306. The van der Waals surface area contributed by atoms with Crippen LogP contribution < -0.4 is 0 Å². The Kier molecular flexibility index (Phi) is 3.82. The van der Waals surface area contributed by atoms with Crippen LogP contribution in [0.1, 0.15) is 24.1 Å². The molecule has 1 atom stereocenters. The molecule has 0 saturated carbocycles. The van der Waals surface area contributed by atoms with Gasteiger partial charge in [0, 0.05) is 16.8 Å². The Hall–Kier alpha value is -2.02. The zero-order valence-electron chi connectivity index (χ0n) is 12.1. The van der Waals surface area contributed by atoms with Crippen molar-refractivity contribution in [1.29, 1.82) is 5.26 Å². The van der Waals surface area contributed by atoms with Gasteiger partial charge in [0.1, 0.15) is 5.65 Å². The van der Waals surface area contributed by atoms with Crippen LogP contribution >= 0.6 is 23.2 Å². The van der Waals surface area contributed by atoms with E-state index < -0.39 is 0 Å². The second kappa shape index (κ2) is 5.64. The Morgan fingerprint density at radius 2 is 2.00 bits per heavy atom. The molecular formula is C17H13Cl2N3. The number of imidazole rings is 1. The Bertz CT molecular complexity index is 906. The molecule has 3 rings (SSSR count). The van der Waals surface area contributed by atoms with Gasteiger partial charge in [-0.2, -0.15) is 5.26 Å². The fourth-order valence-corrected chi connectivity index (χ4v) is 2.79. The molecule has 0 bridgehead atoms. The lowest BCUT2D eigenvalue weighted by atomic mass is 10.0. The zero-order chi connectivity index (χ0) is 15.9. The van der Waals surface area contributed by atoms with Gasteiger partial charge in [-0.25, -0.2) is 4.98 Å². The molecule has 0 fully saturated rings. The number of hydrogen-bond donors (Lipinski definition) is 0. The van der Waals surface area contributed by atoms with Crippen molar-refractivity contribution in [1.82, 2.24) is 9.38 Å². The van der Waals surface area contributed by atoms with Crippen LogP contribution in [0.3, 0.4) is 0 Å². The smallest absolute Gasteiger partial charge is 0.137 e. The topological polar surface area (TPSA) is 41.1 Å². The Balaban J connectivity index is 2.33. The van der Waals surface area contributed by atoms with Gasteiger partial charge < -0.3 is 4.40 Å². The van der Waals surface area contributed by atoms with Gasteiger partial charge in [-0.15, -0.1) is 0 Å². The molecule has 0 N–H and O–H groups in total. The van der Waals surface area contributed by atoms with Gasteiger partial charge in [-0.1, -0.05) is 29.3 Å². The first-order valence-corrected chi connectivity index (χ1v) is 7.60. The van der Waals surface area contributed by atoms with E-state index in [1.54, 1.807) is 12.3 Å². The van der Waals surface area contributed by atoms with E-state index in [1.165, 1.54) is 0 Å². The van der Waals surface area contributed by atoms with Crippen LogP contribution in [0.25, 0.3) is 16.9 Å². The molecule has 0 spiro atoms. The Morgan fingerprint density at radius 1 is 1.23 bits per heavy atom. The summed E-state index contributed by atoms with van der Waals surface area (Å²) < 4.78 is 1.88. The van der Waals surface area contributed by atoms with Crippen molar-refractivity contribution in [2.75, 3.05) is 0 Å². The Morgan fingerprint density at radius 3 is 2.68 bits per heavy atom. The van der Waals surface area contributed by atoms with E-state index in [0.717, 1.165) is 28.2 Å². The molecule has 0 aliphatic carbocycles. The number of fused-ring (bicyclic) bond motifs is 1. The van der Waals surface area contributed by atoms with Crippen LogP contribution in [0.2, 0.25) is 10.0 Å². The summed E-state index contributed by atoms with van der Waals surface area (Å²) in [7, 11) is 0. The van der Waals surface area contributed by atoms with E-state index in [4.69, 9.17) is 23.2 Å². The van der Waals surface area contributed by atoms with Gasteiger partial charge in [0.2, 0.25) is 0 Å². The highest BCUT2D eigenvalue weighted by Gasteiger charge is 2.19. The van der Waals surface area contributed by atoms with E-state index in [9.17, 15) is 5.26 Å². The monoisotopic (exact) mass is 329 g/mol. The van der Waals surface area contributed by atoms with Gasteiger partial charge in [0.25, 0.3) is 0 Å². The molecule has 110 valence electrons. The highest BCUT2D eigenvalue weighted by atomic mass is 35.5. The number of hydrogen-bond acceptors (Lipinski definition) is 2. The molecule has 5 heteroatoms. The van der Waals surface area contributed by atoms with Crippen molar-refractivity contribution in [3.63, 3.8) is 0 Å². The number of halogens is 2. The highest BCUT2D eigenvalue weighted by Crippen LogP contribution is 2.32. The Labute approximate surface area is 138 Å². The number of rotatable bonds is 2. The lowest BCUT2D eigenvalue weighted by Crippen LogP contribution is -1.98. The molecule has 22 heavy (non-hydrogen) atoms. The average Bonchev–Trinajstić information content (AvgIpc) is 2.87. The fraction of sp³-hybridized carbons (Fsp3) is 0.176. The molecule has 2 aromatic heterocycles. The van der Waals surface area contributed by atoms with Gasteiger partial charge in [0.15, 0.2) is 0 Å². The summed E-state index contributed by atoms with van der Waals surface area (Å²) in [6, 6.07) is 11.7. The SMILES string of the molecule is Cc1cc(-c2nc3ccc(Cl)cn3c2C(C)C#N)ccc1Cl. The molecule has 1 unspecified atom stereocenters. The van der Waals surface area contributed by atoms with Crippen LogP contribution in [-0.4, -0.2) is 9.38 Å². The van der Waals surface area contributed by atoms with Gasteiger partial charge in [0.05, 0.1) is 28.4 Å². The molecule has 0 amide bonds. The van der Waals surface area contributed by atoms with E-state index in [1.807, 2.05) is 42.5 Å². The summed E-state index contributed by atoms with van der Waals surface area (Å²) in [6.07, 6.45) is 1.79. The molecule has 0 radical (unpaired) electrons. The third-order valence-electron chi connectivity index (χ3n) is 3.65. The quantitative estimate of drug-likeness (QED) is 0.644. The van der Waals surface area contributed by atoms with Crippen LogP contribution in [-0.2, 0) is 0 Å². The van der Waals surface area contributed by atoms with Gasteiger partial charge >= 0.3 is 0 Å². The van der Waals surface area contributed by atoms with Crippen molar-refractivity contribution in [2.45, 2.75) is 19.8 Å². The molecular weight excluding hydrogens is 317 g/mol. The van der Waals surface area contributed by atoms with Crippen molar-refractivity contribution in [2.24, 2.45) is 0 Å². The maximum atomic E-state index is 9.36. The maximum absolute atomic E-state index is 9.36. The van der Waals surface area contributed by atoms with E-state index in [0.29, 0.717) is 10.0 Å². The number of pyridine rings is 1. The standard InChI is InChI=1S/C17H13Cl2N3/c1-10-7-12(3-5-14(10)19)16-17(11(2)8-20)22-9-13(18)4-6-15(22)21-16/h3-7,9,11H,1-2H3. The number of aryl methyl sites for hydroxylation is 1. The van der Waals surface area contributed by atoms with Gasteiger partial charge in [-0.05, 0) is 43.7 Å². The first-order valence-electron chi connectivity index (χ1n) is 6.85. The normalized spacial score (nSPS) is 12.3. The fourth-order valence-electron chi connectivity index (χ4n) is 2.52. The number of aromatic nitrogens is 2. The summed E-state index contributed by atoms with van der Waals surface area (Å²) in [5.74, 6) is -0.306. The number of benzene rings is 1. The minimum Gasteiger partial charge on any atom is -0.301 e. The summed E-state index contributed by atoms with van der Waals surface area (Å²) >= 11 is 12.2. The van der Waals surface area contributed by atoms with Crippen LogP contribution in [0, 0.1) is 18.3 Å². The predicted octanol–water partition coefficient (Wildman–Crippen LogP) is 5.24. The minimum atomic E-state index is -0.306. The van der Waals surface area contributed by atoms with E-state index in [2.05, 4.69) is 11.1 Å². The molecule has 0 saturated heterocycles. The molecule has 0 aliphatic rings. The largest absolute Gasteiger partial charge is 0.301 e. The lowest BCUT2D eigenvalue weighted by Gasteiger charge is -2.08. The van der Waals surface area contributed by atoms with Crippen LogP contribution in [0.5, 0.6) is 0 Å². The summed E-state index contributed by atoms with van der Waals surface area (Å²) in [5.41, 5.74) is 4.31. The van der Waals surface area contributed by atoms with Crippen LogP contribution in [0.15, 0.2) is 36.5 Å². The molecule has 0 aliphatic heterocycles. The first-order chi connectivity index (χ1) is 10.5. The van der Waals surface area contributed by atoms with Gasteiger partial charge in [-0.3, -0.25) is 0 Å². The molecule has 1 aromatic carbocycles. The van der Waals surface area contributed by atoms with Crippen LogP contribution in [0.4, 0.5) is 0 Å². The molecule has 3 nitrogen and oxygen atoms in total. The second-order valence-electron chi connectivity index (χ2n) is 5.24. The lowest BCUT2D eigenvalue weighted by molar-refractivity contribution is 0.900. The van der Waals surface area contributed by atoms with Crippen molar-refractivity contribution < 1.29 is 0 Å². The molecule has 2 heterocycles. The third-order valence-corrected chi connectivity index (χ3v) is 4.30. The summed E-state index contributed by atoms with van der Waals surface area (Å²) in [6.45, 7) is 3.81. The van der Waals surface area contributed by atoms with Crippen molar-refractivity contribution >= 4 is 28.8 Å². The predicted molar refractivity (Wildman–Crippen MR) is 89.4 cm³/mol. The van der Waals surface area contributed by atoms with Crippen molar-refractivity contribution in [3.8, 4) is 17.3 Å². The van der Waals surface area contributed by atoms with Crippen molar-refractivity contribution in [3.05, 3.63) is 57.8 Å². The summed E-state index contributed by atoms with van der Waals surface area (Å²) in [4.78, 5) is 4.67. The first kappa shape index (κ1) is 14.9. The third kappa shape index (κ3) is 2.45. The van der Waals surface area contributed by atoms with E-state index in [-0.39, 0.29) is 5.92 Å². The molecule has 3 aromatic rings. The summed E-state index contributed by atoms with van der Waals surface area (Å²) in [5, 5.41) is 10.7. The highest BCUT2D eigenvalue weighted by molar-refractivity contribution is 6.31. The number of nitriles is 1. The zero-order valence-corrected chi connectivity index (χ0v) is 13.7. The maximum Gasteiger partial charge on any atom is 0.137 e. The second-order valence-corrected chi connectivity index (χ2v) is 6.08.